The molecule has 2 N–H and O–H groups in total. The van der Waals surface area contributed by atoms with Gasteiger partial charge in [0.05, 0.1) is 5.02 Å². The van der Waals surface area contributed by atoms with Gasteiger partial charge in [-0.1, -0.05) is 39.7 Å². The molecule has 0 bridgehead atoms. The SMILES string of the molecule is C[C@@H](N)c1ccc(Oc2cccc(Br)c2)c(Cl)c1. The molecule has 0 radical (unpaired) electrons. The van der Waals surface area contributed by atoms with Gasteiger partial charge in [0, 0.05) is 10.5 Å². The molecule has 0 aliphatic carbocycles. The van der Waals surface area contributed by atoms with Gasteiger partial charge >= 0.3 is 0 Å². The Kier molecular flexibility index (Phi) is 4.27. The highest BCUT2D eigenvalue weighted by atomic mass is 79.9. The lowest BCUT2D eigenvalue weighted by molar-refractivity contribution is 0.482. The quantitative estimate of drug-likeness (QED) is 0.869. The lowest BCUT2D eigenvalue weighted by Gasteiger charge is -2.11. The van der Waals surface area contributed by atoms with Gasteiger partial charge in [0.15, 0.2) is 0 Å². The van der Waals surface area contributed by atoms with Crippen molar-refractivity contribution in [3.8, 4) is 11.5 Å². The van der Waals surface area contributed by atoms with E-state index in [1.54, 1.807) is 0 Å². The number of benzene rings is 2. The Morgan fingerprint density at radius 1 is 1.22 bits per heavy atom. The fraction of sp³-hybridized carbons (Fsp3) is 0.143. The zero-order chi connectivity index (χ0) is 13.1. The molecule has 2 aromatic carbocycles. The maximum absolute atomic E-state index is 6.17. The summed E-state index contributed by atoms with van der Waals surface area (Å²) < 4.78 is 6.68. The van der Waals surface area contributed by atoms with Crippen molar-refractivity contribution in [2.45, 2.75) is 13.0 Å². The van der Waals surface area contributed by atoms with E-state index in [1.165, 1.54) is 0 Å². The molecule has 0 unspecified atom stereocenters. The van der Waals surface area contributed by atoms with Crippen molar-refractivity contribution in [1.82, 2.24) is 0 Å². The molecule has 0 fully saturated rings. The van der Waals surface area contributed by atoms with E-state index in [4.69, 9.17) is 22.1 Å². The molecule has 4 heteroatoms. The maximum Gasteiger partial charge on any atom is 0.146 e. The van der Waals surface area contributed by atoms with Crippen molar-refractivity contribution in [3.05, 3.63) is 57.5 Å². The first-order valence-electron chi connectivity index (χ1n) is 5.54. The smallest absolute Gasteiger partial charge is 0.146 e. The second kappa shape index (κ2) is 5.74. The Hall–Kier alpha value is -1.03. The Morgan fingerprint density at radius 2 is 2.00 bits per heavy atom. The van der Waals surface area contributed by atoms with Crippen LogP contribution in [0.3, 0.4) is 0 Å². The lowest BCUT2D eigenvalue weighted by Crippen LogP contribution is -2.04. The molecular formula is C14H13BrClNO. The zero-order valence-corrected chi connectivity index (χ0v) is 12.2. The molecule has 0 spiro atoms. The van der Waals surface area contributed by atoms with E-state index in [0.29, 0.717) is 10.8 Å². The van der Waals surface area contributed by atoms with Gasteiger partial charge in [-0.3, -0.25) is 0 Å². The Bertz CT molecular complexity index is 557. The average Bonchev–Trinajstić information content (AvgIpc) is 2.31. The Labute approximate surface area is 120 Å². The van der Waals surface area contributed by atoms with Crippen LogP contribution in [0, 0.1) is 0 Å². The molecule has 0 saturated carbocycles. The molecule has 18 heavy (non-hydrogen) atoms. The molecule has 0 heterocycles. The van der Waals surface area contributed by atoms with Crippen LogP contribution in [0.15, 0.2) is 46.9 Å². The second-order valence-corrected chi connectivity index (χ2v) is 5.36. The van der Waals surface area contributed by atoms with Crippen LogP contribution in [-0.2, 0) is 0 Å². The highest BCUT2D eigenvalue weighted by Crippen LogP contribution is 2.32. The predicted octanol–water partition coefficient (Wildman–Crippen LogP) is 4.91. The van der Waals surface area contributed by atoms with Crippen molar-refractivity contribution < 1.29 is 4.74 Å². The van der Waals surface area contributed by atoms with Crippen molar-refractivity contribution >= 4 is 27.5 Å². The molecule has 0 aromatic heterocycles. The van der Waals surface area contributed by atoms with Gasteiger partial charge in [-0.25, -0.2) is 0 Å². The van der Waals surface area contributed by atoms with Gasteiger partial charge in [-0.2, -0.15) is 0 Å². The predicted molar refractivity (Wildman–Crippen MR) is 78.3 cm³/mol. The third kappa shape index (κ3) is 3.25. The van der Waals surface area contributed by atoms with Gasteiger partial charge in [0.2, 0.25) is 0 Å². The lowest BCUT2D eigenvalue weighted by atomic mass is 10.1. The first-order chi connectivity index (χ1) is 8.56. The number of halogens is 2. The summed E-state index contributed by atoms with van der Waals surface area (Å²) in [6, 6.07) is 13.2. The Balaban J connectivity index is 2.24. The fourth-order valence-corrected chi connectivity index (χ4v) is 2.15. The molecule has 0 aliphatic rings. The van der Waals surface area contributed by atoms with Crippen molar-refractivity contribution in [3.63, 3.8) is 0 Å². The number of hydrogen-bond acceptors (Lipinski definition) is 2. The topological polar surface area (TPSA) is 35.2 Å². The number of hydrogen-bond donors (Lipinski definition) is 1. The van der Waals surface area contributed by atoms with E-state index in [9.17, 15) is 0 Å². The number of rotatable bonds is 3. The van der Waals surface area contributed by atoms with E-state index in [-0.39, 0.29) is 6.04 Å². The van der Waals surface area contributed by atoms with Crippen LogP contribution in [0.5, 0.6) is 11.5 Å². The highest BCUT2D eigenvalue weighted by molar-refractivity contribution is 9.10. The molecule has 0 aliphatic heterocycles. The van der Waals surface area contributed by atoms with Crippen LogP contribution in [0.4, 0.5) is 0 Å². The van der Waals surface area contributed by atoms with Crippen LogP contribution in [0.25, 0.3) is 0 Å². The average molecular weight is 327 g/mol. The third-order valence-electron chi connectivity index (χ3n) is 2.51. The third-order valence-corrected chi connectivity index (χ3v) is 3.29. The van der Waals surface area contributed by atoms with Gasteiger partial charge in [0.1, 0.15) is 11.5 Å². The monoisotopic (exact) mass is 325 g/mol. The van der Waals surface area contributed by atoms with E-state index < -0.39 is 0 Å². The van der Waals surface area contributed by atoms with E-state index >= 15 is 0 Å². The van der Waals surface area contributed by atoms with Crippen molar-refractivity contribution in [1.29, 1.82) is 0 Å². The summed E-state index contributed by atoms with van der Waals surface area (Å²) in [4.78, 5) is 0. The van der Waals surface area contributed by atoms with Gasteiger partial charge in [-0.05, 0) is 42.8 Å². The van der Waals surface area contributed by atoms with Crippen LogP contribution in [0.1, 0.15) is 18.5 Å². The molecule has 2 rings (SSSR count). The summed E-state index contributed by atoms with van der Waals surface area (Å²) in [7, 11) is 0. The van der Waals surface area contributed by atoms with Crippen molar-refractivity contribution in [2.24, 2.45) is 5.73 Å². The van der Waals surface area contributed by atoms with Gasteiger partial charge in [0.25, 0.3) is 0 Å². The normalized spacial score (nSPS) is 12.2. The molecule has 1 atom stereocenters. The minimum absolute atomic E-state index is 0.0394. The molecular weight excluding hydrogens is 314 g/mol. The number of nitrogens with two attached hydrogens (primary N) is 1. The summed E-state index contributed by atoms with van der Waals surface area (Å²) >= 11 is 9.57. The van der Waals surface area contributed by atoms with E-state index in [1.807, 2.05) is 49.4 Å². The summed E-state index contributed by atoms with van der Waals surface area (Å²) in [5.74, 6) is 1.36. The summed E-state index contributed by atoms with van der Waals surface area (Å²) in [5.41, 5.74) is 6.79. The Morgan fingerprint density at radius 3 is 2.61 bits per heavy atom. The van der Waals surface area contributed by atoms with Gasteiger partial charge in [-0.15, -0.1) is 0 Å². The van der Waals surface area contributed by atoms with Crippen LogP contribution in [0.2, 0.25) is 5.02 Å². The zero-order valence-electron chi connectivity index (χ0n) is 9.86. The van der Waals surface area contributed by atoms with E-state index in [2.05, 4.69) is 15.9 Å². The fourth-order valence-electron chi connectivity index (χ4n) is 1.54. The van der Waals surface area contributed by atoms with Crippen LogP contribution < -0.4 is 10.5 Å². The first-order valence-corrected chi connectivity index (χ1v) is 6.72. The highest BCUT2D eigenvalue weighted by Gasteiger charge is 2.07. The minimum Gasteiger partial charge on any atom is -0.456 e. The molecule has 2 nitrogen and oxygen atoms in total. The molecule has 0 saturated heterocycles. The minimum atomic E-state index is -0.0394. The van der Waals surface area contributed by atoms with Gasteiger partial charge < -0.3 is 10.5 Å². The van der Waals surface area contributed by atoms with Crippen molar-refractivity contribution in [2.75, 3.05) is 0 Å². The second-order valence-electron chi connectivity index (χ2n) is 4.04. The summed E-state index contributed by atoms with van der Waals surface area (Å²) in [5, 5.41) is 0.560. The van der Waals surface area contributed by atoms with Crippen LogP contribution >= 0.6 is 27.5 Å². The maximum atomic E-state index is 6.17. The molecule has 94 valence electrons. The summed E-state index contributed by atoms with van der Waals surface area (Å²) in [6.07, 6.45) is 0. The molecule has 2 aromatic rings. The number of ether oxygens (including phenoxy) is 1. The van der Waals surface area contributed by atoms with E-state index in [0.717, 1.165) is 15.8 Å². The standard InChI is InChI=1S/C14H13BrClNO/c1-9(17)10-5-6-14(13(16)7-10)18-12-4-2-3-11(15)8-12/h2-9H,17H2,1H3/t9-/m1/s1. The van der Waals surface area contributed by atoms with Crippen LogP contribution in [-0.4, -0.2) is 0 Å². The largest absolute Gasteiger partial charge is 0.456 e. The summed E-state index contributed by atoms with van der Waals surface area (Å²) in [6.45, 7) is 1.92. The molecule has 0 amide bonds. The first kappa shape index (κ1) is 13.4.